The van der Waals surface area contributed by atoms with Crippen molar-refractivity contribution >= 4 is 0 Å². The summed E-state index contributed by atoms with van der Waals surface area (Å²) in [6, 6.07) is 0. The Labute approximate surface area is 116 Å². The van der Waals surface area contributed by atoms with Crippen LogP contribution in [0.3, 0.4) is 0 Å². The van der Waals surface area contributed by atoms with Crippen molar-refractivity contribution in [2.24, 2.45) is 18.7 Å². The molecule has 0 aromatic carbocycles. The van der Waals surface area contributed by atoms with E-state index in [9.17, 15) is 0 Å². The van der Waals surface area contributed by atoms with Gasteiger partial charge < -0.3 is 5.73 Å². The molecule has 1 aliphatic rings. The summed E-state index contributed by atoms with van der Waals surface area (Å²) in [5.74, 6) is 1.86. The van der Waals surface area contributed by atoms with Gasteiger partial charge in [0.2, 0.25) is 0 Å². The molecular formula is C14H27N5. The highest BCUT2D eigenvalue weighted by atomic mass is 15.3. The Kier molecular flexibility index (Phi) is 4.58. The zero-order chi connectivity index (χ0) is 13.9. The van der Waals surface area contributed by atoms with Gasteiger partial charge in [-0.1, -0.05) is 13.8 Å². The lowest BCUT2D eigenvalue weighted by molar-refractivity contribution is 0.0394. The zero-order valence-electron chi connectivity index (χ0n) is 12.5. The summed E-state index contributed by atoms with van der Waals surface area (Å²) in [7, 11) is 1.95. The fourth-order valence-electron chi connectivity index (χ4n) is 3.20. The van der Waals surface area contributed by atoms with Gasteiger partial charge in [0.25, 0.3) is 0 Å². The van der Waals surface area contributed by atoms with Crippen LogP contribution in [0.15, 0.2) is 6.33 Å². The van der Waals surface area contributed by atoms with Crippen molar-refractivity contribution in [3.8, 4) is 0 Å². The highest BCUT2D eigenvalue weighted by Crippen LogP contribution is 2.36. The molecule has 0 spiro atoms. The molecule has 1 fully saturated rings. The maximum Gasteiger partial charge on any atom is 0.140 e. The number of hydrogen-bond acceptors (Lipinski definition) is 4. The molecule has 108 valence electrons. The van der Waals surface area contributed by atoms with E-state index in [1.165, 1.54) is 25.7 Å². The standard InChI is InChI=1S/C14H27N5/c1-4-19(9-13-16-11-17-18(13)3)14(10-15)7-5-12(2)6-8-14/h11-12H,4-10,15H2,1-3H3. The molecule has 1 aliphatic carbocycles. The van der Waals surface area contributed by atoms with Gasteiger partial charge in [-0.25, -0.2) is 4.98 Å². The first kappa shape index (κ1) is 14.5. The largest absolute Gasteiger partial charge is 0.329 e. The first-order chi connectivity index (χ1) is 9.11. The van der Waals surface area contributed by atoms with Crippen molar-refractivity contribution in [3.05, 3.63) is 12.2 Å². The summed E-state index contributed by atoms with van der Waals surface area (Å²) >= 11 is 0. The average Bonchev–Trinajstić information content (AvgIpc) is 2.83. The summed E-state index contributed by atoms with van der Waals surface area (Å²) in [6.07, 6.45) is 6.60. The molecule has 0 bridgehead atoms. The highest BCUT2D eigenvalue weighted by Gasteiger charge is 2.38. The van der Waals surface area contributed by atoms with Gasteiger partial charge in [-0.15, -0.1) is 0 Å². The van der Waals surface area contributed by atoms with Crippen LogP contribution >= 0.6 is 0 Å². The molecule has 0 atom stereocenters. The lowest BCUT2D eigenvalue weighted by Gasteiger charge is -2.46. The number of likely N-dealkylation sites (N-methyl/N-ethyl adjacent to an activating group) is 1. The minimum absolute atomic E-state index is 0.160. The third-order valence-corrected chi connectivity index (χ3v) is 4.77. The number of aryl methyl sites for hydroxylation is 1. The molecule has 1 heterocycles. The Morgan fingerprint density at radius 2 is 2.16 bits per heavy atom. The third-order valence-electron chi connectivity index (χ3n) is 4.77. The molecule has 19 heavy (non-hydrogen) atoms. The Hall–Kier alpha value is -0.940. The minimum atomic E-state index is 0.160. The number of rotatable bonds is 5. The third kappa shape index (κ3) is 2.98. The molecule has 0 unspecified atom stereocenters. The molecule has 5 heteroatoms. The van der Waals surface area contributed by atoms with Gasteiger partial charge in [0.05, 0.1) is 6.54 Å². The van der Waals surface area contributed by atoms with E-state index in [-0.39, 0.29) is 5.54 Å². The van der Waals surface area contributed by atoms with Crippen molar-refractivity contribution in [1.29, 1.82) is 0 Å². The first-order valence-corrected chi connectivity index (χ1v) is 7.39. The second kappa shape index (κ2) is 6.01. The van der Waals surface area contributed by atoms with Crippen LogP contribution < -0.4 is 5.73 Å². The maximum absolute atomic E-state index is 6.14. The van der Waals surface area contributed by atoms with E-state index in [4.69, 9.17) is 5.73 Å². The molecular weight excluding hydrogens is 238 g/mol. The second-order valence-corrected chi connectivity index (χ2v) is 5.93. The second-order valence-electron chi connectivity index (χ2n) is 5.93. The topological polar surface area (TPSA) is 60.0 Å². The predicted octanol–water partition coefficient (Wildman–Crippen LogP) is 1.54. The van der Waals surface area contributed by atoms with Crippen molar-refractivity contribution in [3.63, 3.8) is 0 Å². The highest BCUT2D eigenvalue weighted by molar-refractivity contribution is 4.97. The van der Waals surface area contributed by atoms with E-state index in [2.05, 4.69) is 28.8 Å². The van der Waals surface area contributed by atoms with Crippen LogP contribution in [0.2, 0.25) is 0 Å². The van der Waals surface area contributed by atoms with E-state index in [1.54, 1.807) is 6.33 Å². The predicted molar refractivity (Wildman–Crippen MR) is 76.5 cm³/mol. The quantitative estimate of drug-likeness (QED) is 0.877. The lowest BCUT2D eigenvalue weighted by Crippen LogP contribution is -2.55. The first-order valence-electron chi connectivity index (χ1n) is 7.39. The van der Waals surface area contributed by atoms with Crippen LogP contribution in [0.25, 0.3) is 0 Å². The number of nitrogens with two attached hydrogens (primary N) is 1. The molecule has 1 aromatic heterocycles. The minimum Gasteiger partial charge on any atom is -0.329 e. The Morgan fingerprint density at radius 3 is 2.63 bits per heavy atom. The van der Waals surface area contributed by atoms with Gasteiger partial charge >= 0.3 is 0 Å². The van der Waals surface area contributed by atoms with Gasteiger partial charge in [0, 0.05) is 19.1 Å². The summed E-state index contributed by atoms with van der Waals surface area (Å²) < 4.78 is 1.86. The molecule has 0 aliphatic heterocycles. The molecule has 1 aromatic rings. The summed E-state index contributed by atoms with van der Waals surface area (Å²) in [6.45, 7) is 7.16. The molecule has 0 amide bonds. The normalized spacial score (nSPS) is 27.9. The van der Waals surface area contributed by atoms with Crippen molar-refractivity contribution in [2.45, 2.75) is 51.6 Å². The van der Waals surface area contributed by atoms with E-state index >= 15 is 0 Å². The van der Waals surface area contributed by atoms with Gasteiger partial charge in [-0.2, -0.15) is 5.10 Å². The van der Waals surface area contributed by atoms with E-state index in [1.807, 2.05) is 11.7 Å². The Morgan fingerprint density at radius 1 is 1.47 bits per heavy atom. The summed E-state index contributed by atoms with van der Waals surface area (Å²) in [4.78, 5) is 6.85. The van der Waals surface area contributed by atoms with Crippen LogP contribution in [0, 0.1) is 5.92 Å². The molecule has 0 saturated heterocycles. The van der Waals surface area contributed by atoms with Crippen LogP contribution in [0.5, 0.6) is 0 Å². The summed E-state index contributed by atoms with van der Waals surface area (Å²) in [5.41, 5.74) is 6.30. The number of nitrogens with zero attached hydrogens (tertiary/aromatic N) is 4. The van der Waals surface area contributed by atoms with E-state index < -0.39 is 0 Å². The summed E-state index contributed by atoms with van der Waals surface area (Å²) in [5, 5.41) is 4.16. The zero-order valence-corrected chi connectivity index (χ0v) is 12.5. The van der Waals surface area contributed by atoms with Gasteiger partial charge in [-0.05, 0) is 38.1 Å². The molecule has 0 radical (unpaired) electrons. The van der Waals surface area contributed by atoms with Crippen LogP contribution in [0.1, 0.15) is 45.4 Å². The van der Waals surface area contributed by atoms with Crippen LogP contribution in [-0.2, 0) is 13.6 Å². The lowest BCUT2D eigenvalue weighted by atomic mass is 9.76. The molecule has 5 nitrogen and oxygen atoms in total. The van der Waals surface area contributed by atoms with Crippen molar-refractivity contribution in [1.82, 2.24) is 19.7 Å². The number of hydrogen-bond donors (Lipinski definition) is 1. The smallest absolute Gasteiger partial charge is 0.140 e. The van der Waals surface area contributed by atoms with Crippen LogP contribution in [0.4, 0.5) is 0 Å². The fourth-order valence-corrected chi connectivity index (χ4v) is 3.20. The van der Waals surface area contributed by atoms with Crippen molar-refractivity contribution < 1.29 is 0 Å². The van der Waals surface area contributed by atoms with Crippen molar-refractivity contribution in [2.75, 3.05) is 13.1 Å². The van der Waals surface area contributed by atoms with E-state index in [0.717, 1.165) is 31.4 Å². The fraction of sp³-hybridized carbons (Fsp3) is 0.857. The molecule has 2 rings (SSSR count). The van der Waals surface area contributed by atoms with Crippen LogP contribution in [-0.4, -0.2) is 38.3 Å². The SMILES string of the molecule is CCN(Cc1ncnn1C)C1(CN)CCC(C)CC1. The van der Waals surface area contributed by atoms with Gasteiger partial charge in [-0.3, -0.25) is 9.58 Å². The Bertz CT molecular complexity index is 392. The monoisotopic (exact) mass is 265 g/mol. The average molecular weight is 265 g/mol. The molecule has 1 saturated carbocycles. The Balaban J connectivity index is 2.12. The van der Waals surface area contributed by atoms with E-state index in [0.29, 0.717) is 0 Å². The van der Waals surface area contributed by atoms with Gasteiger partial charge in [0.1, 0.15) is 12.2 Å². The maximum atomic E-state index is 6.14. The molecule has 2 N–H and O–H groups in total. The van der Waals surface area contributed by atoms with Gasteiger partial charge in [0.15, 0.2) is 0 Å². The number of aromatic nitrogens is 3.